The predicted octanol–water partition coefficient (Wildman–Crippen LogP) is 3.12. The van der Waals surface area contributed by atoms with E-state index in [0.717, 1.165) is 25.1 Å². The van der Waals surface area contributed by atoms with Gasteiger partial charge in [-0.25, -0.2) is 4.79 Å². The number of nitrogens with zero attached hydrogens (tertiary/aromatic N) is 1. The normalized spacial score (nSPS) is 14.6. The first kappa shape index (κ1) is 12.9. The van der Waals surface area contributed by atoms with Crippen molar-refractivity contribution >= 4 is 11.7 Å². The Morgan fingerprint density at radius 3 is 2.72 bits per heavy atom. The molecule has 0 bridgehead atoms. The molecule has 0 aliphatic carbocycles. The number of carbonyl (C=O) groups is 1. The minimum absolute atomic E-state index is 0.00509. The van der Waals surface area contributed by atoms with Crippen LogP contribution in [0.5, 0.6) is 0 Å². The molecular formula is C15H22N2O. The summed E-state index contributed by atoms with van der Waals surface area (Å²) in [4.78, 5) is 14.0. The zero-order chi connectivity index (χ0) is 13.3. The molecule has 0 aromatic heterocycles. The second-order valence-electron chi connectivity index (χ2n) is 5.90. The molecule has 3 heteroatoms. The molecule has 98 valence electrons. The lowest BCUT2D eigenvalue weighted by molar-refractivity contribution is 0.238. The van der Waals surface area contributed by atoms with E-state index in [-0.39, 0.29) is 11.6 Å². The van der Waals surface area contributed by atoms with E-state index in [2.05, 4.69) is 30.4 Å². The number of hydrogen-bond acceptors (Lipinski definition) is 1. The quantitative estimate of drug-likeness (QED) is 0.811. The van der Waals surface area contributed by atoms with Crippen LogP contribution >= 0.6 is 0 Å². The Labute approximate surface area is 109 Å². The standard InChI is InChI=1S/C15H22N2O/c1-5-11-6-7-13-12(10-11)8-9-17(13)14(18)16-15(2,3)4/h6-7,10H,5,8-9H2,1-4H3,(H,16,18). The maximum Gasteiger partial charge on any atom is 0.322 e. The Balaban J connectivity index is 2.19. The summed E-state index contributed by atoms with van der Waals surface area (Å²) < 4.78 is 0. The molecule has 2 amide bonds. The van der Waals surface area contributed by atoms with Gasteiger partial charge >= 0.3 is 6.03 Å². The highest BCUT2D eigenvalue weighted by Crippen LogP contribution is 2.29. The lowest BCUT2D eigenvalue weighted by Crippen LogP contribution is -2.48. The van der Waals surface area contributed by atoms with E-state index in [0.29, 0.717) is 0 Å². The van der Waals surface area contributed by atoms with Gasteiger partial charge in [0.15, 0.2) is 0 Å². The first-order valence-corrected chi connectivity index (χ1v) is 6.62. The van der Waals surface area contributed by atoms with Gasteiger partial charge in [0.25, 0.3) is 0 Å². The van der Waals surface area contributed by atoms with E-state index < -0.39 is 0 Å². The number of nitrogens with one attached hydrogen (secondary N) is 1. The van der Waals surface area contributed by atoms with Crippen LogP contribution in [0.4, 0.5) is 10.5 Å². The average molecular weight is 246 g/mol. The van der Waals surface area contributed by atoms with Crippen molar-refractivity contribution in [3.05, 3.63) is 29.3 Å². The van der Waals surface area contributed by atoms with Crippen LogP contribution in [0.2, 0.25) is 0 Å². The number of carbonyl (C=O) groups excluding carboxylic acids is 1. The Morgan fingerprint density at radius 1 is 1.39 bits per heavy atom. The summed E-state index contributed by atoms with van der Waals surface area (Å²) in [6.07, 6.45) is 2.00. The van der Waals surface area contributed by atoms with E-state index in [4.69, 9.17) is 0 Å². The van der Waals surface area contributed by atoms with Gasteiger partial charge in [0.05, 0.1) is 0 Å². The van der Waals surface area contributed by atoms with E-state index >= 15 is 0 Å². The van der Waals surface area contributed by atoms with Crippen LogP contribution in [-0.2, 0) is 12.8 Å². The molecular weight excluding hydrogens is 224 g/mol. The molecule has 2 rings (SSSR count). The third kappa shape index (κ3) is 2.66. The molecule has 1 aliphatic rings. The van der Waals surface area contributed by atoms with Crippen molar-refractivity contribution in [2.75, 3.05) is 11.4 Å². The van der Waals surface area contributed by atoms with Crippen molar-refractivity contribution in [3.8, 4) is 0 Å². The van der Waals surface area contributed by atoms with Gasteiger partial charge in [-0.05, 0) is 50.8 Å². The molecule has 3 nitrogen and oxygen atoms in total. The largest absolute Gasteiger partial charge is 0.333 e. The van der Waals surface area contributed by atoms with Crippen LogP contribution in [0.15, 0.2) is 18.2 Å². The van der Waals surface area contributed by atoms with Crippen LogP contribution in [0.25, 0.3) is 0 Å². The van der Waals surface area contributed by atoms with Gasteiger partial charge in [-0.3, -0.25) is 4.90 Å². The van der Waals surface area contributed by atoms with Crippen molar-refractivity contribution < 1.29 is 4.79 Å². The lowest BCUT2D eigenvalue weighted by Gasteiger charge is -2.26. The zero-order valence-electron chi connectivity index (χ0n) is 11.7. The highest BCUT2D eigenvalue weighted by molar-refractivity contribution is 5.94. The number of urea groups is 1. The van der Waals surface area contributed by atoms with Crippen molar-refractivity contribution in [1.82, 2.24) is 5.32 Å². The summed E-state index contributed by atoms with van der Waals surface area (Å²) in [6.45, 7) is 8.94. The average Bonchev–Trinajstić information content (AvgIpc) is 2.69. The minimum atomic E-state index is -0.191. The fraction of sp³-hybridized carbons (Fsp3) is 0.533. The lowest BCUT2D eigenvalue weighted by atomic mass is 10.1. The third-order valence-corrected chi connectivity index (χ3v) is 3.17. The monoisotopic (exact) mass is 246 g/mol. The molecule has 0 spiro atoms. The Morgan fingerprint density at radius 2 is 2.11 bits per heavy atom. The maximum absolute atomic E-state index is 12.2. The van der Waals surface area contributed by atoms with Gasteiger partial charge in [-0.15, -0.1) is 0 Å². The molecule has 1 aromatic carbocycles. The zero-order valence-corrected chi connectivity index (χ0v) is 11.7. The maximum atomic E-state index is 12.2. The van der Waals surface area contributed by atoms with Gasteiger partial charge in [0, 0.05) is 17.8 Å². The van der Waals surface area contributed by atoms with Crippen LogP contribution in [0.1, 0.15) is 38.8 Å². The van der Waals surface area contributed by atoms with Crippen molar-refractivity contribution in [1.29, 1.82) is 0 Å². The number of anilines is 1. The van der Waals surface area contributed by atoms with Crippen LogP contribution in [-0.4, -0.2) is 18.1 Å². The fourth-order valence-corrected chi connectivity index (χ4v) is 2.27. The van der Waals surface area contributed by atoms with Crippen molar-refractivity contribution in [2.45, 2.75) is 46.1 Å². The molecule has 0 saturated carbocycles. The van der Waals surface area contributed by atoms with Crippen LogP contribution in [0.3, 0.4) is 0 Å². The summed E-state index contributed by atoms with van der Waals surface area (Å²) in [5, 5.41) is 3.02. The molecule has 0 unspecified atom stereocenters. The summed E-state index contributed by atoms with van der Waals surface area (Å²) in [5.74, 6) is 0. The van der Waals surface area contributed by atoms with E-state index in [1.165, 1.54) is 11.1 Å². The number of hydrogen-bond donors (Lipinski definition) is 1. The van der Waals surface area contributed by atoms with Gasteiger partial charge in [0.2, 0.25) is 0 Å². The molecule has 0 atom stereocenters. The topological polar surface area (TPSA) is 32.3 Å². The Hall–Kier alpha value is -1.51. The highest BCUT2D eigenvalue weighted by Gasteiger charge is 2.26. The van der Waals surface area contributed by atoms with E-state index in [1.54, 1.807) is 0 Å². The number of aryl methyl sites for hydroxylation is 1. The minimum Gasteiger partial charge on any atom is -0.333 e. The SMILES string of the molecule is CCc1ccc2c(c1)CCN2C(=O)NC(C)(C)C. The molecule has 1 aromatic rings. The fourth-order valence-electron chi connectivity index (χ4n) is 2.27. The first-order chi connectivity index (χ1) is 8.40. The molecule has 0 saturated heterocycles. The smallest absolute Gasteiger partial charge is 0.322 e. The van der Waals surface area contributed by atoms with Gasteiger partial charge in [-0.2, -0.15) is 0 Å². The summed E-state index contributed by atoms with van der Waals surface area (Å²) in [7, 11) is 0. The van der Waals surface area contributed by atoms with Crippen molar-refractivity contribution in [3.63, 3.8) is 0 Å². The molecule has 0 radical (unpaired) electrons. The number of fused-ring (bicyclic) bond motifs is 1. The molecule has 1 aliphatic heterocycles. The second kappa shape index (κ2) is 4.63. The Bertz CT molecular complexity index is 460. The van der Waals surface area contributed by atoms with E-state index in [1.807, 2.05) is 25.7 Å². The third-order valence-electron chi connectivity index (χ3n) is 3.17. The molecule has 1 heterocycles. The van der Waals surface area contributed by atoms with E-state index in [9.17, 15) is 4.79 Å². The van der Waals surface area contributed by atoms with Gasteiger partial charge < -0.3 is 5.32 Å². The van der Waals surface area contributed by atoms with Crippen molar-refractivity contribution in [2.24, 2.45) is 0 Å². The molecule has 1 N–H and O–H groups in total. The summed E-state index contributed by atoms with van der Waals surface area (Å²) in [5.41, 5.74) is 3.50. The summed E-state index contributed by atoms with van der Waals surface area (Å²) >= 11 is 0. The van der Waals surface area contributed by atoms with Gasteiger partial charge in [-0.1, -0.05) is 19.1 Å². The first-order valence-electron chi connectivity index (χ1n) is 6.62. The van der Waals surface area contributed by atoms with Gasteiger partial charge in [0.1, 0.15) is 0 Å². The van der Waals surface area contributed by atoms with Crippen LogP contribution in [0, 0.1) is 0 Å². The predicted molar refractivity (Wildman–Crippen MR) is 75.2 cm³/mol. The number of amides is 2. The van der Waals surface area contributed by atoms with Crippen LogP contribution < -0.4 is 10.2 Å². The number of benzene rings is 1. The highest BCUT2D eigenvalue weighted by atomic mass is 16.2. The molecule has 0 fully saturated rings. The molecule has 18 heavy (non-hydrogen) atoms. The number of rotatable bonds is 1. The second-order valence-corrected chi connectivity index (χ2v) is 5.90. The summed E-state index contributed by atoms with van der Waals surface area (Å²) in [6, 6.07) is 6.41. The Kier molecular flexibility index (Phi) is 3.33.